The van der Waals surface area contributed by atoms with Crippen LogP contribution in [0, 0.1) is 5.82 Å². The molecule has 1 aromatic heterocycles. The molecule has 122 valence electrons. The maximum atomic E-state index is 13.9. The van der Waals surface area contributed by atoms with Gasteiger partial charge in [0.2, 0.25) is 0 Å². The normalized spacial score (nSPS) is 11.4. The van der Waals surface area contributed by atoms with Gasteiger partial charge in [-0.1, -0.05) is 18.2 Å². The van der Waals surface area contributed by atoms with Crippen LogP contribution in [0.1, 0.15) is 10.4 Å². The third-order valence-electron chi connectivity index (χ3n) is 3.51. The minimum Gasteiger partial charge on any atom is -0.319 e. The standard InChI is InChI=1S/C17H13FN2O3S/c1-24(22,23)11-6-7-14(18)16(10-11)20-17(21)13-8-9-19-15-5-3-2-4-12(13)15/h2-10H,1H3,(H,20,21). The third kappa shape index (κ3) is 3.11. The summed E-state index contributed by atoms with van der Waals surface area (Å²) in [6.07, 6.45) is 2.50. The van der Waals surface area contributed by atoms with E-state index in [1.807, 2.05) is 0 Å². The SMILES string of the molecule is CS(=O)(=O)c1ccc(F)c(NC(=O)c2ccnc3ccccc23)c1. The first-order valence-corrected chi connectivity index (χ1v) is 8.90. The maximum Gasteiger partial charge on any atom is 0.256 e. The first kappa shape index (κ1) is 16.1. The molecule has 1 heterocycles. The van der Waals surface area contributed by atoms with Crippen molar-refractivity contribution < 1.29 is 17.6 Å². The number of hydrogen-bond donors (Lipinski definition) is 1. The van der Waals surface area contributed by atoms with Crippen LogP contribution in [0.15, 0.2) is 59.6 Å². The van der Waals surface area contributed by atoms with E-state index in [0.717, 1.165) is 24.5 Å². The van der Waals surface area contributed by atoms with Gasteiger partial charge < -0.3 is 5.32 Å². The monoisotopic (exact) mass is 344 g/mol. The van der Waals surface area contributed by atoms with Crippen molar-refractivity contribution in [3.8, 4) is 0 Å². The number of fused-ring (bicyclic) bond motifs is 1. The molecule has 5 nitrogen and oxygen atoms in total. The zero-order valence-electron chi connectivity index (χ0n) is 12.7. The Kier molecular flexibility index (Phi) is 4.02. The summed E-state index contributed by atoms with van der Waals surface area (Å²) in [5.41, 5.74) is 0.768. The zero-order chi connectivity index (χ0) is 17.3. The molecule has 3 rings (SSSR count). The molecular weight excluding hydrogens is 331 g/mol. The van der Waals surface area contributed by atoms with Gasteiger partial charge in [0.05, 0.1) is 21.7 Å². The summed E-state index contributed by atoms with van der Waals surface area (Å²) in [6, 6.07) is 11.9. The van der Waals surface area contributed by atoms with Crippen molar-refractivity contribution in [1.29, 1.82) is 0 Å². The molecule has 0 fully saturated rings. The average molecular weight is 344 g/mol. The summed E-state index contributed by atoms with van der Waals surface area (Å²) >= 11 is 0. The smallest absolute Gasteiger partial charge is 0.256 e. The lowest BCUT2D eigenvalue weighted by Crippen LogP contribution is -2.14. The van der Waals surface area contributed by atoms with Crippen LogP contribution in [0.5, 0.6) is 0 Å². The fraction of sp³-hybridized carbons (Fsp3) is 0.0588. The van der Waals surface area contributed by atoms with E-state index in [9.17, 15) is 17.6 Å². The first-order valence-electron chi connectivity index (χ1n) is 7.01. The Morgan fingerprint density at radius 3 is 2.62 bits per heavy atom. The molecule has 0 saturated carbocycles. The van der Waals surface area contributed by atoms with Gasteiger partial charge in [0, 0.05) is 17.8 Å². The van der Waals surface area contributed by atoms with Crippen molar-refractivity contribution in [1.82, 2.24) is 4.98 Å². The number of anilines is 1. The Bertz CT molecular complexity index is 1040. The third-order valence-corrected chi connectivity index (χ3v) is 4.62. The van der Waals surface area contributed by atoms with Gasteiger partial charge in [-0.3, -0.25) is 9.78 Å². The second-order valence-corrected chi connectivity index (χ2v) is 7.26. The molecule has 1 amide bonds. The molecule has 0 atom stereocenters. The summed E-state index contributed by atoms with van der Waals surface area (Å²) < 4.78 is 37.1. The van der Waals surface area contributed by atoms with Crippen LogP contribution in [-0.4, -0.2) is 25.6 Å². The molecule has 0 aliphatic carbocycles. The summed E-state index contributed by atoms with van der Waals surface area (Å²) in [5.74, 6) is -1.26. The number of carbonyl (C=O) groups is 1. The molecule has 0 saturated heterocycles. The summed E-state index contributed by atoms with van der Waals surface area (Å²) in [7, 11) is -3.51. The van der Waals surface area contributed by atoms with E-state index in [1.54, 1.807) is 24.3 Å². The highest BCUT2D eigenvalue weighted by atomic mass is 32.2. The number of pyridine rings is 1. The van der Waals surface area contributed by atoms with E-state index >= 15 is 0 Å². The maximum absolute atomic E-state index is 13.9. The predicted molar refractivity (Wildman–Crippen MR) is 89.2 cm³/mol. The van der Waals surface area contributed by atoms with Crippen LogP contribution < -0.4 is 5.32 Å². The van der Waals surface area contributed by atoms with Gasteiger partial charge in [0.25, 0.3) is 5.91 Å². The first-order chi connectivity index (χ1) is 11.4. The van der Waals surface area contributed by atoms with Crippen molar-refractivity contribution in [2.24, 2.45) is 0 Å². The lowest BCUT2D eigenvalue weighted by molar-refractivity contribution is 0.102. The second kappa shape index (κ2) is 6.01. The van der Waals surface area contributed by atoms with Crippen molar-refractivity contribution in [3.05, 3.63) is 66.1 Å². The molecule has 0 unspecified atom stereocenters. The number of rotatable bonds is 3. The van der Waals surface area contributed by atoms with Gasteiger partial charge >= 0.3 is 0 Å². The van der Waals surface area contributed by atoms with Gasteiger partial charge in [0.1, 0.15) is 5.82 Å². The van der Waals surface area contributed by atoms with Crippen LogP contribution >= 0.6 is 0 Å². The predicted octanol–water partition coefficient (Wildman–Crippen LogP) is 3.03. The summed E-state index contributed by atoms with van der Waals surface area (Å²) in [5, 5.41) is 3.05. The Labute approximate surface area is 138 Å². The summed E-state index contributed by atoms with van der Waals surface area (Å²) in [4.78, 5) is 16.6. The minimum atomic E-state index is -3.51. The molecule has 0 aliphatic heterocycles. The van der Waals surface area contributed by atoms with E-state index < -0.39 is 21.6 Å². The molecule has 0 spiro atoms. The highest BCUT2D eigenvalue weighted by molar-refractivity contribution is 7.90. The number of nitrogens with one attached hydrogen (secondary N) is 1. The largest absolute Gasteiger partial charge is 0.319 e. The van der Waals surface area contributed by atoms with E-state index in [0.29, 0.717) is 16.5 Å². The van der Waals surface area contributed by atoms with E-state index in [-0.39, 0.29) is 10.6 Å². The minimum absolute atomic E-state index is 0.0706. The van der Waals surface area contributed by atoms with Crippen LogP contribution in [0.3, 0.4) is 0 Å². The molecule has 3 aromatic rings. The molecule has 1 N–H and O–H groups in total. The topological polar surface area (TPSA) is 76.1 Å². The van der Waals surface area contributed by atoms with Gasteiger partial charge in [0.15, 0.2) is 9.84 Å². The van der Waals surface area contributed by atoms with Crippen molar-refractivity contribution >= 4 is 32.3 Å². The Hall–Kier alpha value is -2.80. The van der Waals surface area contributed by atoms with Crippen molar-refractivity contribution in [3.63, 3.8) is 0 Å². The molecule has 2 aromatic carbocycles. The summed E-state index contributed by atoms with van der Waals surface area (Å²) in [6.45, 7) is 0. The number of hydrogen-bond acceptors (Lipinski definition) is 4. The van der Waals surface area contributed by atoms with Gasteiger partial charge in [-0.2, -0.15) is 0 Å². The number of aromatic nitrogens is 1. The number of benzene rings is 2. The fourth-order valence-corrected chi connectivity index (χ4v) is 2.96. The molecule has 24 heavy (non-hydrogen) atoms. The Morgan fingerprint density at radius 2 is 1.88 bits per heavy atom. The van der Waals surface area contributed by atoms with Crippen molar-refractivity contribution in [2.75, 3.05) is 11.6 Å². The van der Waals surface area contributed by atoms with E-state index in [2.05, 4.69) is 10.3 Å². The molecule has 0 radical (unpaired) electrons. The molecule has 7 heteroatoms. The zero-order valence-corrected chi connectivity index (χ0v) is 13.5. The van der Waals surface area contributed by atoms with Crippen LogP contribution in [0.2, 0.25) is 0 Å². The molecular formula is C17H13FN2O3S. The highest BCUT2D eigenvalue weighted by Crippen LogP contribution is 2.22. The number of sulfone groups is 1. The lowest BCUT2D eigenvalue weighted by Gasteiger charge is -2.10. The average Bonchev–Trinajstić information content (AvgIpc) is 2.55. The quantitative estimate of drug-likeness (QED) is 0.741. The number of carbonyl (C=O) groups excluding carboxylic acids is 1. The number of nitrogens with zero attached hydrogens (tertiary/aromatic N) is 1. The molecule has 0 aliphatic rings. The van der Waals surface area contributed by atoms with Crippen molar-refractivity contribution in [2.45, 2.75) is 4.90 Å². The fourth-order valence-electron chi connectivity index (χ4n) is 2.31. The van der Waals surface area contributed by atoms with E-state index in [1.165, 1.54) is 12.3 Å². The van der Waals surface area contributed by atoms with Crippen LogP contribution in [-0.2, 0) is 9.84 Å². The Balaban J connectivity index is 2.01. The van der Waals surface area contributed by atoms with Gasteiger partial charge in [-0.05, 0) is 30.3 Å². The number of amides is 1. The van der Waals surface area contributed by atoms with Gasteiger partial charge in [-0.15, -0.1) is 0 Å². The second-order valence-electron chi connectivity index (χ2n) is 5.24. The van der Waals surface area contributed by atoms with Crippen LogP contribution in [0.4, 0.5) is 10.1 Å². The van der Waals surface area contributed by atoms with Crippen LogP contribution in [0.25, 0.3) is 10.9 Å². The Morgan fingerprint density at radius 1 is 1.12 bits per heavy atom. The molecule has 0 bridgehead atoms. The highest BCUT2D eigenvalue weighted by Gasteiger charge is 2.15. The number of para-hydroxylation sites is 1. The van der Waals surface area contributed by atoms with Gasteiger partial charge in [-0.25, -0.2) is 12.8 Å². The van der Waals surface area contributed by atoms with E-state index in [4.69, 9.17) is 0 Å². The number of halogens is 1. The lowest BCUT2D eigenvalue weighted by atomic mass is 10.1.